The van der Waals surface area contributed by atoms with Gasteiger partial charge in [-0.25, -0.2) is 0 Å². The van der Waals surface area contributed by atoms with Crippen LogP contribution < -0.4 is 5.32 Å². The fourth-order valence-electron chi connectivity index (χ4n) is 3.58. The first-order valence-corrected chi connectivity index (χ1v) is 9.87. The SMILES string of the molecule is CCCNC(c1csc2c(Br)cccc12)C1CCCCC1. The summed E-state index contributed by atoms with van der Waals surface area (Å²) in [5, 5.41) is 7.67. The second-order valence-corrected chi connectivity index (χ2v) is 7.87. The van der Waals surface area contributed by atoms with Gasteiger partial charge in [-0.05, 0) is 70.1 Å². The van der Waals surface area contributed by atoms with Crippen molar-refractivity contribution in [2.24, 2.45) is 5.92 Å². The smallest absolute Gasteiger partial charge is 0.0488 e. The molecule has 1 saturated carbocycles. The molecule has 1 N–H and O–H groups in total. The Balaban J connectivity index is 1.95. The predicted molar refractivity (Wildman–Crippen MR) is 97.1 cm³/mol. The third-order valence-corrected chi connectivity index (χ3v) is 6.62. The van der Waals surface area contributed by atoms with Crippen LogP contribution in [0.2, 0.25) is 0 Å². The first-order valence-electron chi connectivity index (χ1n) is 8.20. The summed E-state index contributed by atoms with van der Waals surface area (Å²) < 4.78 is 2.63. The van der Waals surface area contributed by atoms with Crippen molar-refractivity contribution in [3.63, 3.8) is 0 Å². The van der Waals surface area contributed by atoms with Crippen LogP contribution in [0.25, 0.3) is 10.1 Å². The molecule has 114 valence electrons. The van der Waals surface area contributed by atoms with Gasteiger partial charge < -0.3 is 5.32 Å². The van der Waals surface area contributed by atoms with E-state index < -0.39 is 0 Å². The van der Waals surface area contributed by atoms with Gasteiger partial charge in [-0.2, -0.15) is 0 Å². The summed E-state index contributed by atoms with van der Waals surface area (Å²) in [6.07, 6.45) is 8.20. The quantitative estimate of drug-likeness (QED) is 0.656. The molecule has 2 aromatic rings. The lowest BCUT2D eigenvalue weighted by Gasteiger charge is -2.31. The van der Waals surface area contributed by atoms with E-state index in [0.29, 0.717) is 6.04 Å². The van der Waals surface area contributed by atoms with E-state index in [1.807, 2.05) is 11.3 Å². The fourth-order valence-corrected chi connectivity index (χ4v) is 5.24. The van der Waals surface area contributed by atoms with Gasteiger partial charge in [0.15, 0.2) is 0 Å². The largest absolute Gasteiger partial charge is 0.310 e. The van der Waals surface area contributed by atoms with Gasteiger partial charge in [-0.15, -0.1) is 11.3 Å². The number of fused-ring (bicyclic) bond motifs is 1. The Kier molecular flexibility index (Phi) is 5.36. The summed E-state index contributed by atoms with van der Waals surface area (Å²) in [5.74, 6) is 0.807. The van der Waals surface area contributed by atoms with Gasteiger partial charge in [-0.3, -0.25) is 0 Å². The van der Waals surface area contributed by atoms with Crippen LogP contribution in [0.1, 0.15) is 57.1 Å². The van der Waals surface area contributed by atoms with Crippen LogP contribution in [0.3, 0.4) is 0 Å². The van der Waals surface area contributed by atoms with Gasteiger partial charge in [0, 0.05) is 15.2 Å². The van der Waals surface area contributed by atoms with Crippen LogP contribution in [0.5, 0.6) is 0 Å². The van der Waals surface area contributed by atoms with Gasteiger partial charge in [0.25, 0.3) is 0 Å². The van der Waals surface area contributed by atoms with E-state index in [1.165, 1.54) is 58.6 Å². The highest BCUT2D eigenvalue weighted by Gasteiger charge is 2.26. The average Bonchev–Trinajstić information content (AvgIpc) is 2.94. The third-order valence-electron chi connectivity index (χ3n) is 4.65. The van der Waals surface area contributed by atoms with Crippen LogP contribution in [0.4, 0.5) is 0 Å². The van der Waals surface area contributed by atoms with Crippen molar-refractivity contribution in [3.05, 3.63) is 33.6 Å². The Bertz CT molecular complexity index is 586. The highest BCUT2D eigenvalue weighted by Crippen LogP contribution is 2.41. The van der Waals surface area contributed by atoms with E-state index in [-0.39, 0.29) is 0 Å². The first-order chi connectivity index (χ1) is 10.3. The molecular weight excluding hydrogens is 342 g/mol. The van der Waals surface area contributed by atoms with E-state index in [2.05, 4.69) is 51.7 Å². The standard InChI is InChI=1S/C18H24BrNS/c1-2-11-20-17(13-7-4-3-5-8-13)15-12-21-18-14(15)9-6-10-16(18)19/h6,9-10,12-13,17,20H,2-5,7-8,11H2,1H3. The molecule has 21 heavy (non-hydrogen) atoms. The number of rotatable bonds is 5. The van der Waals surface area contributed by atoms with Crippen molar-refractivity contribution in [2.45, 2.75) is 51.5 Å². The Morgan fingerprint density at radius 2 is 2.10 bits per heavy atom. The van der Waals surface area contributed by atoms with E-state index >= 15 is 0 Å². The molecule has 0 amide bonds. The van der Waals surface area contributed by atoms with Crippen molar-refractivity contribution < 1.29 is 0 Å². The molecule has 1 atom stereocenters. The number of halogens is 1. The van der Waals surface area contributed by atoms with Crippen molar-refractivity contribution in [3.8, 4) is 0 Å². The zero-order valence-electron chi connectivity index (χ0n) is 12.7. The lowest BCUT2D eigenvalue weighted by molar-refractivity contribution is 0.273. The molecule has 1 unspecified atom stereocenters. The van der Waals surface area contributed by atoms with Gasteiger partial charge in [0.2, 0.25) is 0 Å². The summed E-state index contributed by atoms with van der Waals surface area (Å²) in [6, 6.07) is 7.14. The third kappa shape index (κ3) is 3.35. The lowest BCUT2D eigenvalue weighted by Crippen LogP contribution is -2.30. The summed E-state index contributed by atoms with van der Waals surface area (Å²) in [4.78, 5) is 0. The molecule has 1 fully saturated rings. The molecule has 0 saturated heterocycles. The molecule has 0 spiro atoms. The molecule has 1 nitrogen and oxygen atoms in total. The molecule has 0 aliphatic heterocycles. The number of thiophene rings is 1. The average molecular weight is 366 g/mol. The summed E-state index contributed by atoms with van der Waals surface area (Å²) >= 11 is 5.58. The zero-order chi connectivity index (χ0) is 14.7. The van der Waals surface area contributed by atoms with Crippen molar-refractivity contribution in [1.29, 1.82) is 0 Å². The molecule has 1 heterocycles. The normalized spacial score (nSPS) is 18.2. The lowest BCUT2D eigenvalue weighted by atomic mass is 9.81. The molecule has 0 radical (unpaired) electrons. The Morgan fingerprint density at radius 3 is 2.86 bits per heavy atom. The minimum Gasteiger partial charge on any atom is -0.310 e. The Labute approximate surface area is 140 Å². The minimum absolute atomic E-state index is 0.535. The summed E-state index contributed by atoms with van der Waals surface area (Å²) in [5.41, 5.74) is 1.52. The summed E-state index contributed by atoms with van der Waals surface area (Å²) in [6.45, 7) is 3.37. The number of nitrogens with one attached hydrogen (secondary N) is 1. The zero-order valence-corrected chi connectivity index (χ0v) is 15.1. The van der Waals surface area contributed by atoms with Crippen LogP contribution in [-0.4, -0.2) is 6.54 Å². The summed E-state index contributed by atoms with van der Waals surface area (Å²) in [7, 11) is 0. The van der Waals surface area contributed by atoms with E-state index in [9.17, 15) is 0 Å². The molecule has 1 aliphatic carbocycles. The van der Waals surface area contributed by atoms with Crippen molar-refractivity contribution in [2.75, 3.05) is 6.54 Å². The van der Waals surface area contributed by atoms with Crippen LogP contribution in [0, 0.1) is 5.92 Å². The van der Waals surface area contributed by atoms with Gasteiger partial charge in [0.1, 0.15) is 0 Å². The maximum absolute atomic E-state index is 3.84. The molecule has 0 bridgehead atoms. The molecule has 1 aliphatic rings. The maximum atomic E-state index is 3.84. The van der Waals surface area contributed by atoms with E-state index in [0.717, 1.165) is 12.5 Å². The number of benzene rings is 1. The molecular formula is C18H24BrNS. The molecule has 3 heteroatoms. The monoisotopic (exact) mass is 365 g/mol. The van der Waals surface area contributed by atoms with Gasteiger partial charge >= 0.3 is 0 Å². The molecule has 3 rings (SSSR count). The van der Waals surface area contributed by atoms with E-state index in [1.54, 1.807) is 0 Å². The highest BCUT2D eigenvalue weighted by atomic mass is 79.9. The molecule has 1 aromatic heterocycles. The minimum atomic E-state index is 0.535. The second kappa shape index (κ2) is 7.26. The maximum Gasteiger partial charge on any atom is 0.0488 e. The second-order valence-electron chi connectivity index (χ2n) is 6.14. The van der Waals surface area contributed by atoms with Crippen LogP contribution in [0.15, 0.2) is 28.1 Å². The Morgan fingerprint density at radius 1 is 1.29 bits per heavy atom. The number of hydrogen-bond acceptors (Lipinski definition) is 2. The van der Waals surface area contributed by atoms with Crippen LogP contribution in [-0.2, 0) is 0 Å². The fraction of sp³-hybridized carbons (Fsp3) is 0.556. The predicted octanol–water partition coefficient (Wildman–Crippen LogP) is 6.28. The van der Waals surface area contributed by atoms with Gasteiger partial charge in [-0.1, -0.05) is 38.3 Å². The first kappa shape index (κ1) is 15.5. The van der Waals surface area contributed by atoms with Gasteiger partial charge in [0.05, 0.1) is 0 Å². The molecule has 1 aromatic carbocycles. The van der Waals surface area contributed by atoms with Crippen LogP contribution >= 0.6 is 27.3 Å². The highest BCUT2D eigenvalue weighted by molar-refractivity contribution is 9.10. The van der Waals surface area contributed by atoms with Crippen molar-refractivity contribution in [1.82, 2.24) is 5.32 Å². The van der Waals surface area contributed by atoms with E-state index in [4.69, 9.17) is 0 Å². The van der Waals surface area contributed by atoms with Crippen molar-refractivity contribution >= 4 is 37.4 Å². The Hall–Kier alpha value is -0.380. The topological polar surface area (TPSA) is 12.0 Å². The number of hydrogen-bond donors (Lipinski definition) is 1.